The molecule has 1 aromatic heterocycles. The number of nitrogens with one attached hydrogen (secondary N) is 2. The molecule has 4 rings (SSSR count). The number of rotatable bonds is 7. The largest absolute Gasteiger partial charge is 0.459 e. The second-order valence-electron chi connectivity index (χ2n) is 7.10. The molecule has 0 aliphatic rings. The van der Waals surface area contributed by atoms with Gasteiger partial charge in [0.15, 0.2) is 5.76 Å². The van der Waals surface area contributed by atoms with Gasteiger partial charge in [0.25, 0.3) is 11.8 Å². The van der Waals surface area contributed by atoms with Crippen LogP contribution < -0.4 is 10.6 Å². The second kappa shape index (κ2) is 9.59. The summed E-state index contributed by atoms with van der Waals surface area (Å²) in [6.07, 6.45) is 2.08. The lowest BCUT2D eigenvalue weighted by atomic mass is 9.98. The average molecular weight is 410 g/mol. The zero-order valence-corrected chi connectivity index (χ0v) is 16.8. The van der Waals surface area contributed by atoms with Crippen LogP contribution in [0.15, 0.2) is 108 Å². The minimum Gasteiger partial charge on any atom is -0.459 e. The lowest BCUT2D eigenvalue weighted by molar-refractivity contribution is 0.0937. The van der Waals surface area contributed by atoms with Crippen molar-refractivity contribution >= 4 is 17.5 Å². The van der Waals surface area contributed by atoms with Crippen LogP contribution in [0.3, 0.4) is 0 Å². The van der Waals surface area contributed by atoms with Crippen LogP contribution in [0.25, 0.3) is 0 Å². The summed E-state index contributed by atoms with van der Waals surface area (Å²) < 4.78 is 5.14. The lowest BCUT2D eigenvalue weighted by Gasteiger charge is -2.20. The first kappa shape index (κ1) is 20.2. The van der Waals surface area contributed by atoms with Gasteiger partial charge in [-0.25, -0.2) is 0 Å². The molecule has 0 spiro atoms. The zero-order valence-electron chi connectivity index (χ0n) is 16.8. The summed E-state index contributed by atoms with van der Waals surface area (Å²) in [6.45, 7) is 0. The molecule has 0 aliphatic heterocycles. The maximum absolute atomic E-state index is 13.2. The van der Waals surface area contributed by atoms with E-state index >= 15 is 0 Å². The van der Waals surface area contributed by atoms with Gasteiger partial charge in [0.1, 0.15) is 0 Å². The van der Waals surface area contributed by atoms with Gasteiger partial charge >= 0.3 is 0 Å². The predicted octanol–water partition coefficient (Wildman–Crippen LogP) is 5.25. The Bertz CT molecular complexity index is 1140. The Morgan fingerprint density at radius 3 is 2.13 bits per heavy atom. The van der Waals surface area contributed by atoms with Crippen molar-refractivity contribution in [2.75, 3.05) is 5.32 Å². The van der Waals surface area contributed by atoms with Crippen molar-refractivity contribution in [3.63, 3.8) is 0 Å². The molecule has 154 valence electrons. The highest BCUT2D eigenvalue weighted by Gasteiger charge is 2.20. The maximum Gasteiger partial charge on any atom is 0.291 e. The lowest BCUT2D eigenvalue weighted by Crippen LogP contribution is -2.31. The van der Waals surface area contributed by atoms with Crippen LogP contribution in [-0.4, -0.2) is 11.8 Å². The summed E-state index contributed by atoms with van der Waals surface area (Å²) >= 11 is 0. The molecule has 2 N–H and O–H groups in total. The minimum absolute atomic E-state index is 0.182. The van der Waals surface area contributed by atoms with E-state index in [4.69, 9.17) is 4.42 Å². The van der Waals surface area contributed by atoms with Crippen molar-refractivity contribution in [3.8, 4) is 0 Å². The van der Waals surface area contributed by atoms with E-state index in [1.54, 1.807) is 36.4 Å². The maximum atomic E-state index is 13.2. The Kier molecular flexibility index (Phi) is 6.24. The molecule has 5 heteroatoms. The average Bonchev–Trinajstić information content (AvgIpc) is 3.35. The Morgan fingerprint density at radius 1 is 0.742 bits per heavy atom. The van der Waals surface area contributed by atoms with E-state index in [0.29, 0.717) is 17.7 Å². The minimum atomic E-state index is -0.408. The van der Waals surface area contributed by atoms with Crippen LogP contribution in [-0.2, 0) is 6.42 Å². The van der Waals surface area contributed by atoms with Gasteiger partial charge in [0, 0.05) is 0 Å². The number of anilines is 1. The Hall–Kier alpha value is -4.12. The fourth-order valence-electron chi connectivity index (χ4n) is 3.41. The number of para-hydroxylation sites is 1. The summed E-state index contributed by atoms with van der Waals surface area (Å²) in [6, 6.07) is 29.8. The van der Waals surface area contributed by atoms with Gasteiger partial charge in [-0.05, 0) is 41.8 Å². The highest BCUT2D eigenvalue weighted by atomic mass is 16.3. The molecule has 0 saturated carbocycles. The van der Waals surface area contributed by atoms with E-state index in [9.17, 15) is 9.59 Å². The molecule has 0 bridgehead atoms. The normalized spacial score (nSPS) is 11.5. The first-order valence-corrected chi connectivity index (χ1v) is 10.0. The molecule has 0 radical (unpaired) electrons. The number of carbonyl (C=O) groups is 2. The van der Waals surface area contributed by atoms with E-state index in [2.05, 4.69) is 10.6 Å². The number of hydrogen-bond donors (Lipinski definition) is 2. The molecule has 2 amide bonds. The predicted molar refractivity (Wildman–Crippen MR) is 120 cm³/mol. The van der Waals surface area contributed by atoms with Crippen LogP contribution in [0.5, 0.6) is 0 Å². The number of benzene rings is 3. The molecule has 1 unspecified atom stereocenters. The molecule has 0 aliphatic carbocycles. The quantitative estimate of drug-likeness (QED) is 0.437. The number of amides is 2. The first-order valence-electron chi connectivity index (χ1n) is 10.0. The molecule has 1 heterocycles. The van der Waals surface area contributed by atoms with Crippen LogP contribution in [0, 0.1) is 0 Å². The molecule has 1 atom stereocenters. The van der Waals surface area contributed by atoms with Gasteiger partial charge < -0.3 is 15.1 Å². The monoisotopic (exact) mass is 410 g/mol. The molecular formula is C26H22N2O3. The first-order chi connectivity index (χ1) is 15.2. The van der Waals surface area contributed by atoms with E-state index < -0.39 is 5.91 Å². The van der Waals surface area contributed by atoms with E-state index in [0.717, 1.165) is 11.1 Å². The molecule has 0 fully saturated rings. The van der Waals surface area contributed by atoms with Crippen molar-refractivity contribution in [1.29, 1.82) is 0 Å². The van der Waals surface area contributed by atoms with Gasteiger partial charge in [-0.15, -0.1) is 0 Å². The fourth-order valence-corrected chi connectivity index (χ4v) is 3.41. The third kappa shape index (κ3) is 5.08. The van der Waals surface area contributed by atoms with Crippen molar-refractivity contribution in [2.24, 2.45) is 0 Å². The summed E-state index contributed by atoms with van der Waals surface area (Å²) in [5, 5.41) is 5.90. The Labute approximate surface area is 180 Å². The van der Waals surface area contributed by atoms with Crippen LogP contribution in [0.4, 0.5) is 5.69 Å². The van der Waals surface area contributed by atoms with Gasteiger partial charge in [-0.3, -0.25) is 9.59 Å². The van der Waals surface area contributed by atoms with Crippen LogP contribution >= 0.6 is 0 Å². The Morgan fingerprint density at radius 2 is 1.42 bits per heavy atom. The Balaban J connectivity index is 1.57. The van der Waals surface area contributed by atoms with E-state index in [-0.39, 0.29) is 17.7 Å². The molecule has 4 aromatic rings. The number of hydrogen-bond acceptors (Lipinski definition) is 3. The molecular weight excluding hydrogens is 388 g/mol. The molecule has 5 nitrogen and oxygen atoms in total. The van der Waals surface area contributed by atoms with Crippen molar-refractivity contribution in [1.82, 2.24) is 5.32 Å². The van der Waals surface area contributed by atoms with E-state index in [1.165, 1.54) is 6.26 Å². The van der Waals surface area contributed by atoms with Crippen molar-refractivity contribution < 1.29 is 14.0 Å². The third-order valence-corrected chi connectivity index (χ3v) is 4.95. The van der Waals surface area contributed by atoms with Crippen molar-refractivity contribution in [2.45, 2.75) is 12.5 Å². The highest BCUT2D eigenvalue weighted by molar-refractivity contribution is 6.07. The highest BCUT2D eigenvalue weighted by Crippen LogP contribution is 2.22. The molecule has 0 saturated heterocycles. The summed E-state index contributed by atoms with van der Waals surface area (Å²) in [5.41, 5.74) is 2.94. The van der Waals surface area contributed by atoms with E-state index in [1.807, 2.05) is 60.7 Å². The SMILES string of the molecule is O=C(Nc1ccccc1C(=O)NC(Cc1ccccc1)c1ccccc1)c1ccco1. The number of carbonyl (C=O) groups excluding carboxylic acids is 2. The van der Waals surface area contributed by atoms with Crippen LogP contribution in [0.1, 0.15) is 38.1 Å². The second-order valence-corrected chi connectivity index (χ2v) is 7.10. The summed E-state index contributed by atoms with van der Waals surface area (Å²) in [5.74, 6) is -0.490. The smallest absolute Gasteiger partial charge is 0.291 e. The fraction of sp³-hybridized carbons (Fsp3) is 0.0769. The van der Waals surface area contributed by atoms with Gasteiger partial charge in [0.05, 0.1) is 23.6 Å². The standard InChI is InChI=1S/C26H22N2O3/c29-25(21-14-7-8-15-22(21)27-26(30)24-16-9-17-31-24)28-23(20-12-5-2-6-13-20)18-19-10-3-1-4-11-19/h1-17,23H,18H2,(H,27,30)(H,28,29). The summed E-state index contributed by atoms with van der Waals surface area (Å²) in [7, 11) is 0. The number of furan rings is 1. The van der Waals surface area contributed by atoms with Gasteiger partial charge in [0.2, 0.25) is 0 Å². The van der Waals surface area contributed by atoms with Gasteiger partial charge in [-0.1, -0.05) is 72.8 Å². The van der Waals surface area contributed by atoms with Crippen molar-refractivity contribution in [3.05, 3.63) is 126 Å². The topological polar surface area (TPSA) is 71.3 Å². The summed E-state index contributed by atoms with van der Waals surface area (Å²) in [4.78, 5) is 25.6. The third-order valence-electron chi connectivity index (χ3n) is 4.95. The van der Waals surface area contributed by atoms with Crippen LogP contribution in [0.2, 0.25) is 0 Å². The van der Waals surface area contributed by atoms with Gasteiger partial charge in [-0.2, -0.15) is 0 Å². The molecule has 31 heavy (non-hydrogen) atoms. The zero-order chi connectivity index (χ0) is 21.5. The molecule has 3 aromatic carbocycles.